The van der Waals surface area contributed by atoms with Gasteiger partial charge in [0.25, 0.3) is 0 Å². The lowest BCUT2D eigenvalue weighted by Gasteiger charge is -2.41. The Morgan fingerprint density at radius 1 is 1.09 bits per heavy atom. The number of likely N-dealkylation sites (tertiary alicyclic amines) is 1. The summed E-state index contributed by atoms with van der Waals surface area (Å²) < 4.78 is 16.9. The Kier molecular flexibility index (Phi) is 10.4. The third kappa shape index (κ3) is 6.39. The molecule has 1 aromatic heterocycles. The topological polar surface area (TPSA) is 76.7 Å². The first-order valence-electron chi connectivity index (χ1n) is 12.7. The molecule has 1 aromatic carbocycles. The molecule has 0 bridgehead atoms. The van der Waals surface area contributed by atoms with Crippen molar-refractivity contribution in [1.29, 1.82) is 0 Å². The number of piperidine rings is 1. The minimum absolute atomic E-state index is 0.0842. The maximum atomic E-state index is 12.6. The molecule has 2 fully saturated rings. The van der Waals surface area contributed by atoms with Gasteiger partial charge in [0, 0.05) is 30.8 Å². The highest BCUT2D eigenvalue weighted by Gasteiger charge is 2.38. The first-order chi connectivity index (χ1) is 16.7. The number of H-pyrrole nitrogens is 1. The van der Waals surface area contributed by atoms with Crippen molar-refractivity contribution in [2.24, 2.45) is 0 Å². The highest BCUT2D eigenvalue weighted by Crippen LogP contribution is 2.37. The zero-order valence-electron chi connectivity index (χ0n) is 21.2. The number of methoxy groups -OCH3 is 2. The summed E-state index contributed by atoms with van der Waals surface area (Å²) in [6.07, 6.45) is 8.04. The lowest BCUT2D eigenvalue weighted by molar-refractivity contribution is -0.0244. The molecule has 0 radical (unpaired) electrons. The monoisotopic (exact) mass is 471 g/mol. The van der Waals surface area contributed by atoms with E-state index in [-0.39, 0.29) is 24.2 Å². The standard InChI is InChI=1S/C25H35N3O4.C2H6/c1-30-16-20-15-26-27-24(20)22-9-6-14-28(25(29)31-2)23(22)17-32-21-12-10-19(11-13-21)18-7-4-3-5-8-18;1-2/h3-5,7-8,15,19,21-23H,6,9-14,16-17H2,1-2H3,(H,26,27);1-2H3. The summed E-state index contributed by atoms with van der Waals surface area (Å²) in [7, 11) is 3.13. The predicted octanol–water partition coefficient (Wildman–Crippen LogP) is 5.64. The highest BCUT2D eigenvalue weighted by atomic mass is 16.5. The molecule has 1 aliphatic carbocycles. The molecule has 2 aliphatic rings. The molecule has 188 valence electrons. The number of carbonyl (C=O) groups excluding carboxylic acids is 1. The van der Waals surface area contributed by atoms with Gasteiger partial charge in [-0.1, -0.05) is 44.2 Å². The minimum atomic E-state index is -0.288. The highest BCUT2D eigenvalue weighted by molar-refractivity contribution is 5.68. The maximum absolute atomic E-state index is 12.6. The fraction of sp³-hybridized carbons (Fsp3) is 0.630. The molecule has 1 saturated heterocycles. The molecule has 7 nitrogen and oxygen atoms in total. The van der Waals surface area contributed by atoms with Gasteiger partial charge in [-0.15, -0.1) is 0 Å². The summed E-state index contributed by atoms with van der Waals surface area (Å²) in [4.78, 5) is 14.4. The molecular formula is C27H41N3O4. The van der Waals surface area contributed by atoms with Crippen LogP contribution < -0.4 is 0 Å². The number of aromatic nitrogens is 2. The van der Waals surface area contributed by atoms with Gasteiger partial charge in [0.05, 0.1) is 38.7 Å². The van der Waals surface area contributed by atoms with Crippen LogP contribution in [0.3, 0.4) is 0 Å². The fourth-order valence-corrected chi connectivity index (χ4v) is 5.38. The molecular weight excluding hydrogens is 430 g/mol. The second-order valence-corrected chi connectivity index (χ2v) is 8.94. The Hall–Kier alpha value is -2.38. The van der Waals surface area contributed by atoms with Crippen LogP contribution in [-0.4, -0.2) is 60.7 Å². The SMILES string of the molecule is CC.COCc1cn[nH]c1C1CCCN(C(=O)OC)C1COC1CCC(c2ccccc2)CC1. The molecule has 2 unspecified atom stereocenters. The normalized spacial score (nSPS) is 24.8. The van der Waals surface area contributed by atoms with E-state index in [9.17, 15) is 4.79 Å². The molecule has 4 rings (SSSR count). The number of amides is 1. The van der Waals surface area contributed by atoms with E-state index in [1.807, 2.05) is 24.9 Å². The summed E-state index contributed by atoms with van der Waals surface area (Å²) in [5.74, 6) is 0.739. The molecule has 34 heavy (non-hydrogen) atoms. The Morgan fingerprint density at radius 3 is 2.50 bits per heavy atom. The fourth-order valence-electron chi connectivity index (χ4n) is 5.38. The van der Waals surface area contributed by atoms with Gasteiger partial charge in [-0.3, -0.25) is 5.10 Å². The van der Waals surface area contributed by atoms with E-state index in [1.165, 1.54) is 12.7 Å². The molecule has 2 heterocycles. The number of hydrogen-bond acceptors (Lipinski definition) is 5. The summed E-state index contributed by atoms with van der Waals surface area (Å²) in [5.41, 5.74) is 3.51. The Labute approximate surface area is 204 Å². The lowest BCUT2D eigenvalue weighted by atomic mass is 9.82. The van der Waals surface area contributed by atoms with E-state index in [1.54, 1.807) is 7.11 Å². The van der Waals surface area contributed by atoms with E-state index < -0.39 is 0 Å². The van der Waals surface area contributed by atoms with Crippen LogP contribution in [0, 0.1) is 0 Å². The second kappa shape index (κ2) is 13.5. The van der Waals surface area contributed by atoms with Gasteiger partial charge >= 0.3 is 6.09 Å². The van der Waals surface area contributed by atoms with Gasteiger partial charge in [-0.05, 0) is 50.0 Å². The second-order valence-electron chi connectivity index (χ2n) is 8.94. The number of nitrogens with one attached hydrogen (secondary N) is 1. The zero-order chi connectivity index (χ0) is 24.3. The van der Waals surface area contributed by atoms with Gasteiger partial charge in [-0.25, -0.2) is 4.79 Å². The Morgan fingerprint density at radius 2 is 1.82 bits per heavy atom. The molecule has 7 heteroatoms. The number of rotatable bonds is 7. The van der Waals surface area contributed by atoms with Gasteiger partial charge in [0.15, 0.2) is 0 Å². The van der Waals surface area contributed by atoms with Crippen LogP contribution in [0.4, 0.5) is 4.79 Å². The van der Waals surface area contributed by atoms with E-state index in [2.05, 4.69) is 40.5 Å². The summed E-state index contributed by atoms with van der Waals surface area (Å²) in [6, 6.07) is 10.7. The maximum Gasteiger partial charge on any atom is 0.409 e. The van der Waals surface area contributed by atoms with Crippen molar-refractivity contribution in [1.82, 2.24) is 15.1 Å². The average Bonchev–Trinajstić information content (AvgIpc) is 3.37. The van der Waals surface area contributed by atoms with Crippen LogP contribution >= 0.6 is 0 Å². The molecule has 0 spiro atoms. The average molecular weight is 472 g/mol. The lowest BCUT2D eigenvalue weighted by Crippen LogP contribution is -2.50. The number of ether oxygens (including phenoxy) is 3. The van der Waals surface area contributed by atoms with E-state index >= 15 is 0 Å². The molecule has 1 amide bonds. The Bertz CT molecular complexity index is 849. The van der Waals surface area contributed by atoms with Crippen LogP contribution in [0.5, 0.6) is 0 Å². The van der Waals surface area contributed by atoms with E-state index in [0.717, 1.165) is 49.8 Å². The third-order valence-electron chi connectivity index (χ3n) is 7.06. The smallest absolute Gasteiger partial charge is 0.409 e. The van der Waals surface area contributed by atoms with Crippen molar-refractivity contribution < 1.29 is 19.0 Å². The van der Waals surface area contributed by atoms with Gasteiger partial charge in [0.1, 0.15) is 0 Å². The zero-order valence-corrected chi connectivity index (χ0v) is 21.2. The molecule has 2 aromatic rings. The number of hydrogen-bond donors (Lipinski definition) is 1. The van der Waals surface area contributed by atoms with Crippen molar-refractivity contribution in [2.75, 3.05) is 27.4 Å². The van der Waals surface area contributed by atoms with E-state index in [4.69, 9.17) is 14.2 Å². The number of benzene rings is 1. The van der Waals surface area contributed by atoms with Crippen molar-refractivity contribution >= 4 is 6.09 Å². The molecule has 1 N–H and O–H groups in total. The first-order valence-corrected chi connectivity index (χ1v) is 12.7. The van der Waals surface area contributed by atoms with Crippen molar-refractivity contribution in [3.63, 3.8) is 0 Å². The van der Waals surface area contributed by atoms with Crippen LogP contribution in [0.2, 0.25) is 0 Å². The number of aromatic amines is 1. The molecule has 1 saturated carbocycles. The van der Waals surface area contributed by atoms with Crippen molar-refractivity contribution in [3.05, 3.63) is 53.3 Å². The van der Waals surface area contributed by atoms with Crippen LogP contribution in [-0.2, 0) is 20.8 Å². The molecule has 2 atom stereocenters. The number of carbonyl (C=O) groups is 1. The van der Waals surface area contributed by atoms with E-state index in [0.29, 0.717) is 25.7 Å². The van der Waals surface area contributed by atoms with Gasteiger partial charge in [-0.2, -0.15) is 5.10 Å². The van der Waals surface area contributed by atoms with Crippen LogP contribution in [0.15, 0.2) is 36.5 Å². The summed E-state index contributed by atoms with van der Waals surface area (Å²) >= 11 is 0. The Balaban J connectivity index is 0.00000158. The largest absolute Gasteiger partial charge is 0.453 e. The van der Waals surface area contributed by atoms with Crippen LogP contribution in [0.1, 0.15) is 81.0 Å². The summed E-state index contributed by atoms with van der Waals surface area (Å²) in [6.45, 7) is 5.69. The van der Waals surface area contributed by atoms with Crippen molar-refractivity contribution in [2.45, 2.75) is 83.0 Å². The first kappa shape index (κ1) is 26.2. The molecule has 1 aliphatic heterocycles. The number of nitrogens with zero attached hydrogens (tertiary/aromatic N) is 2. The van der Waals surface area contributed by atoms with Crippen molar-refractivity contribution in [3.8, 4) is 0 Å². The van der Waals surface area contributed by atoms with Gasteiger partial charge < -0.3 is 19.1 Å². The minimum Gasteiger partial charge on any atom is -0.453 e. The summed E-state index contributed by atoms with van der Waals surface area (Å²) in [5, 5.41) is 7.41. The predicted molar refractivity (Wildman–Crippen MR) is 133 cm³/mol. The van der Waals surface area contributed by atoms with Gasteiger partial charge in [0.2, 0.25) is 0 Å². The third-order valence-corrected chi connectivity index (χ3v) is 7.06. The van der Waals surface area contributed by atoms with Crippen LogP contribution in [0.25, 0.3) is 0 Å². The quantitative estimate of drug-likeness (QED) is 0.565.